The third-order valence-corrected chi connectivity index (χ3v) is 3.43. The first-order valence-corrected chi connectivity index (χ1v) is 6.88. The van der Waals surface area contributed by atoms with E-state index in [1.807, 2.05) is 0 Å². The van der Waals surface area contributed by atoms with E-state index in [4.69, 9.17) is 11.6 Å². The highest BCUT2D eigenvalue weighted by atomic mass is 35.5. The van der Waals surface area contributed by atoms with Crippen molar-refractivity contribution in [2.75, 3.05) is 16.0 Å². The first-order valence-electron chi connectivity index (χ1n) is 6.50. The number of anilines is 3. The highest BCUT2D eigenvalue weighted by Gasteiger charge is 2.18. The third-order valence-electron chi connectivity index (χ3n) is 3.20. The summed E-state index contributed by atoms with van der Waals surface area (Å²) in [6.07, 6.45) is 0.293. The summed E-state index contributed by atoms with van der Waals surface area (Å²) in [5, 5.41) is 17.9. The van der Waals surface area contributed by atoms with Crippen molar-refractivity contribution in [1.29, 1.82) is 0 Å². The van der Waals surface area contributed by atoms with Gasteiger partial charge in [-0.05, 0) is 42.0 Å². The van der Waals surface area contributed by atoms with E-state index in [9.17, 15) is 14.7 Å². The van der Waals surface area contributed by atoms with Gasteiger partial charge >= 0.3 is 6.03 Å². The molecule has 1 heterocycles. The molecule has 2 aromatic carbocycles. The number of carbonyl (C=O) groups excluding carboxylic acids is 2. The molecule has 22 heavy (non-hydrogen) atoms. The van der Waals surface area contributed by atoms with Gasteiger partial charge in [-0.1, -0.05) is 11.6 Å². The standard InChI is InChI=1S/C15H12ClN3O3/c16-9-1-4-13(20)12(7-9)19-15(22)17-10-2-3-11-8(5-10)6-14(21)18-11/h1-5,7,20H,6H2,(H,18,21)(H2,17,19,22). The number of fused-ring (bicyclic) bond motifs is 1. The number of hydrogen-bond acceptors (Lipinski definition) is 3. The van der Waals surface area contributed by atoms with Gasteiger partial charge in [0.1, 0.15) is 5.75 Å². The van der Waals surface area contributed by atoms with Crippen LogP contribution in [0.5, 0.6) is 5.75 Å². The van der Waals surface area contributed by atoms with Crippen molar-refractivity contribution in [1.82, 2.24) is 0 Å². The Balaban J connectivity index is 1.71. The van der Waals surface area contributed by atoms with Crippen LogP contribution in [0.4, 0.5) is 21.9 Å². The Morgan fingerprint density at radius 3 is 2.82 bits per heavy atom. The molecule has 0 radical (unpaired) electrons. The number of urea groups is 1. The van der Waals surface area contributed by atoms with Crippen LogP contribution in [-0.2, 0) is 11.2 Å². The summed E-state index contributed by atoms with van der Waals surface area (Å²) in [4.78, 5) is 23.2. The van der Waals surface area contributed by atoms with E-state index in [0.717, 1.165) is 11.3 Å². The Kier molecular flexibility index (Phi) is 3.60. The second-order valence-electron chi connectivity index (χ2n) is 4.84. The average molecular weight is 318 g/mol. The molecule has 0 atom stereocenters. The van der Waals surface area contributed by atoms with E-state index >= 15 is 0 Å². The second-order valence-corrected chi connectivity index (χ2v) is 5.27. The Hall–Kier alpha value is -2.73. The Labute approximate surface area is 131 Å². The van der Waals surface area contributed by atoms with Gasteiger partial charge in [-0.2, -0.15) is 0 Å². The average Bonchev–Trinajstić information content (AvgIpc) is 2.82. The van der Waals surface area contributed by atoms with Gasteiger partial charge in [0, 0.05) is 16.4 Å². The first-order chi connectivity index (χ1) is 10.5. The lowest BCUT2D eigenvalue weighted by atomic mass is 10.1. The zero-order valence-electron chi connectivity index (χ0n) is 11.3. The van der Waals surface area contributed by atoms with Crippen molar-refractivity contribution in [3.8, 4) is 5.75 Å². The number of halogens is 1. The summed E-state index contributed by atoms with van der Waals surface area (Å²) >= 11 is 5.82. The Morgan fingerprint density at radius 1 is 1.18 bits per heavy atom. The highest BCUT2D eigenvalue weighted by molar-refractivity contribution is 6.31. The van der Waals surface area contributed by atoms with Crippen molar-refractivity contribution >= 4 is 40.6 Å². The molecule has 6 nitrogen and oxygen atoms in total. The number of aromatic hydroxyl groups is 1. The van der Waals surface area contributed by atoms with Crippen LogP contribution in [0.25, 0.3) is 0 Å². The van der Waals surface area contributed by atoms with Gasteiger partial charge < -0.3 is 21.1 Å². The van der Waals surface area contributed by atoms with Crippen molar-refractivity contribution < 1.29 is 14.7 Å². The number of rotatable bonds is 2. The molecule has 0 aromatic heterocycles. The molecule has 2 aromatic rings. The lowest BCUT2D eigenvalue weighted by Gasteiger charge is -2.10. The number of hydrogen-bond donors (Lipinski definition) is 4. The number of phenols is 1. The normalized spacial score (nSPS) is 12.5. The smallest absolute Gasteiger partial charge is 0.323 e. The van der Waals surface area contributed by atoms with Gasteiger partial charge in [0.25, 0.3) is 0 Å². The maximum atomic E-state index is 12.0. The van der Waals surface area contributed by atoms with Crippen LogP contribution < -0.4 is 16.0 Å². The molecule has 7 heteroatoms. The fraction of sp³-hybridized carbons (Fsp3) is 0.0667. The monoisotopic (exact) mass is 317 g/mol. The fourth-order valence-electron chi connectivity index (χ4n) is 2.20. The summed E-state index contributed by atoms with van der Waals surface area (Å²) in [5.74, 6) is -0.149. The molecular weight excluding hydrogens is 306 g/mol. The van der Waals surface area contributed by atoms with Crippen LogP contribution in [0.1, 0.15) is 5.56 Å². The molecule has 0 spiro atoms. The molecular formula is C15H12ClN3O3. The summed E-state index contributed by atoms with van der Waals surface area (Å²) in [5.41, 5.74) is 2.34. The SMILES string of the molecule is O=C1Cc2cc(NC(=O)Nc3cc(Cl)ccc3O)ccc2N1. The van der Waals surface area contributed by atoms with Gasteiger partial charge in [-0.3, -0.25) is 4.79 Å². The number of benzene rings is 2. The molecule has 112 valence electrons. The van der Waals surface area contributed by atoms with Crippen LogP contribution in [-0.4, -0.2) is 17.0 Å². The molecule has 3 rings (SSSR count). The van der Waals surface area contributed by atoms with Gasteiger partial charge in [-0.15, -0.1) is 0 Å². The van der Waals surface area contributed by atoms with Crippen LogP contribution in [0.3, 0.4) is 0 Å². The van der Waals surface area contributed by atoms with Crippen LogP contribution in [0.2, 0.25) is 5.02 Å². The van der Waals surface area contributed by atoms with E-state index in [0.29, 0.717) is 17.1 Å². The Bertz CT molecular complexity index is 777. The highest BCUT2D eigenvalue weighted by Crippen LogP contribution is 2.28. The zero-order chi connectivity index (χ0) is 15.7. The predicted octanol–water partition coefficient (Wildman–Crippen LogP) is 3.18. The molecule has 1 aliphatic rings. The molecule has 1 aliphatic heterocycles. The number of nitrogens with one attached hydrogen (secondary N) is 3. The number of phenolic OH excluding ortho intramolecular Hbond substituents is 1. The van der Waals surface area contributed by atoms with Gasteiger partial charge in [-0.25, -0.2) is 4.79 Å². The predicted molar refractivity (Wildman–Crippen MR) is 84.5 cm³/mol. The van der Waals surface area contributed by atoms with E-state index in [1.165, 1.54) is 18.2 Å². The van der Waals surface area contributed by atoms with Crippen molar-refractivity contribution in [2.24, 2.45) is 0 Å². The summed E-state index contributed by atoms with van der Waals surface area (Å²) in [6.45, 7) is 0. The zero-order valence-corrected chi connectivity index (χ0v) is 12.1. The summed E-state index contributed by atoms with van der Waals surface area (Å²) in [7, 11) is 0. The van der Waals surface area contributed by atoms with E-state index in [2.05, 4.69) is 16.0 Å². The van der Waals surface area contributed by atoms with Crippen molar-refractivity contribution in [2.45, 2.75) is 6.42 Å². The molecule has 0 aliphatic carbocycles. The minimum Gasteiger partial charge on any atom is -0.506 e. The topological polar surface area (TPSA) is 90.5 Å². The minimum absolute atomic E-state index is 0.0690. The Morgan fingerprint density at radius 2 is 2.00 bits per heavy atom. The maximum absolute atomic E-state index is 12.0. The second kappa shape index (κ2) is 5.57. The van der Waals surface area contributed by atoms with E-state index in [1.54, 1.807) is 18.2 Å². The van der Waals surface area contributed by atoms with Crippen LogP contribution in [0.15, 0.2) is 36.4 Å². The third kappa shape index (κ3) is 2.96. The lowest BCUT2D eigenvalue weighted by Crippen LogP contribution is -2.19. The fourth-order valence-corrected chi connectivity index (χ4v) is 2.37. The van der Waals surface area contributed by atoms with Gasteiger partial charge in [0.2, 0.25) is 5.91 Å². The van der Waals surface area contributed by atoms with E-state index in [-0.39, 0.29) is 17.3 Å². The molecule has 3 amide bonds. The molecule has 0 saturated heterocycles. The minimum atomic E-state index is -0.519. The lowest BCUT2D eigenvalue weighted by molar-refractivity contribution is -0.115. The van der Waals surface area contributed by atoms with Crippen LogP contribution >= 0.6 is 11.6 Å². The first kappa shape index (κ1) is 14.2. The summed E-state index contributed by atoms with van der Waals surface area (Å²) < 4.78 is 0. The molecule has 4 N–H and O–H groups in total. The van der Waals surface area contributed by atoms with Crippen molar-refractivity contribution in [3.63, 3.8) is 0 Å². The van der Waals surface area contributed by atoms with Crippen LogP contribution in [0, 0.1) is 0 Å². The molecule has 0 bridgehead atoms. The summed E-state index contributed by atoms with van der Waals surface area (Å²) in [6, 6.07) is 8.98. The molecule has 0 fully saturated rings. The number of amides is 3. The van der Waals surface area contributed by atoms with Gasteiger partial charge in [0.05, 0.1) is 12.1 Å². The van der Waals surface area contributed by atoms with Crippen molar-refractivity contribution in [3.05, 3.63) is 47.0 Å². The van der Waals surface area contributed by atoms with E-state index < -0.39 is 6.03 Å². The quantitative estimate of drug-likeness (QED) is 0.641. The van der Waals surface area contributed by atoms with Gasteiger partial charge in [0.15, 0.2) is 0 Å². The molecule has 0 saturated carbocycles. The molecule has 0 unspecified atom stereocenters. The largest absolute Gasteiger partial charge is 0.506 e. The number of carbonyl (C=O) groups is 2. The maximum Gasteiger partial charge on any atom is 0.323 e.